The third-order valence-electron chi connectivity index (χ3n) is 3.86. The zero-order valence-electron chi connectivity index (χ0n) is 12.3. The number of hydrogen-bond acceptors (Lipinski definition) is 5. The summed E-state index contributed by atoms with van der Waals surface area (Å²) in [6, 6.07) is 0.644. The van der Waals surface area contributed by atoms with Gasteiger partial charge in [-0.1, -0.05) is 12.1 Å². The molecule has 2 aromatic rings. The number of aromatic nitrogens is 4. The Labute approximate surface area is 118 Å². The highest BCUT2D eigenvalue weighted by molar-refractivity contribution is 5.03. The quantitative estimate of drug-likeness (QED) is 0.836. The second-order valence-electron chi connectivity index (χ2n) is 5.58. The van der Waals surface area contributed by atoms with Gasteiger partial charge >= 0.3 is 0 Å². The molecule has 6 nitrogen and oxygen atoms in total. The van der Waals surface area contributed by atoms with Crippen molar-refractivity contribution in [3.8, 4) is 0 Å². The van der Waals surface area contributed by atoms with Crippen LogP contribution in [0.15, 0.2) is 16.9 Å². The minimum Gasteiger partial charge on any atom is -0.338 e. The predicted octanol–water partition coefficient (Wildman–Crippen LogP) is 2.14. The lowest BCUT2D eigenvalue weighted by Crippen LogP contribution is -2.48. The normalized spacial score (nSPS) is 18.1. The van der Waals surface area contributed by atoms with Gasteiger partial charge in [-0.2, -0.15) is 10.1 Å². The summed E-state index contributed by atoms with van der Waals surface area (Å²) in [5, 5.41) is 8.39. The average Bonchev–Trinajstić information content (AvgIpc) is 2.97. The van der Waals surface area contributed by atoms with E-state index >= 15 is 0 Å². The van der Waals surface area contributed by atoms with E-state index in [4.69, 9.17) is 4.52 Å². The molecule has 6 heteroatoms. The Kier molecular flexibility index (Phi) is 3.56. The monoisotopic (exact) mass is 275 g/mol. The zero-order chi connectivity index (χ0) is 14.1. The van der Waals surface area contributed by atoms with Gasteiger partial charge in [-0.15, -0.1) is 0 Å². The molecule has 108 valence electrons. The molecule has 0 N–H and O–H groups in total. The van der Waals surface area contributed by atoms with Gasteiger partial charge in [0.15, 0.2) is 5.82 Å². The maximum Gasteiger partial charge on any atom is 0.243 e. The molecule has 3 heterocycles. The molecule has 1 aliphatic rings. The van der Waals surface area contributed by atoms with Crippen molar-refractivity contribution in [1.82, 2.24) is 24.8 Å². The Morgan fingerprint density at radius 1 is 1.45 bits per heavy atom. The number of hydrogen-bond donors (Lipinski definition) is 0. The molecular weight excluding hydrogens is 254 g/mol. The van der Waals surface area contributed by atoms with E-state index in [0.717, 1.165) is 37.6 Å². The van der Waals surface area contributed by atoms with Crippen molar-refractivity contribution in [3.63, 3.8) is 0 Å². The zero-order valence-corrected chi connectivity index (χ0v) is 12.3. The lowest BCUT2D eigenvalue weighted by Gasteiger charge is -2.41. The molecular formula is C14H21N5O. The van der Waals surface area contributed by atoms with Crippen LogP contribution in [0.1, 0.15) is 49.6 Å². The highest BCUT2D eigenvalue weighted by atomic mass is 16.5. The van der Waals surface area contributed by atoms with Crippen molar-refractivity contribution in [1.29, 1.82) is 0 Å². The molecule has 0 spiro atoms. The van der Waals surface area contributed by atoms with Gasteiger partial charge in [0.05, 0.1) is 18.3 Å². The smallest absolute Gasteiger partial charge is 0.243 e. The first-order valence-corrected chi connectivity index (χ1v) is 7.24. The average molecular weight is 275 g/mol. The van der Waals surface area contributed by atoms with Crippen molar-refractivity contribution < 1.29 is 4.52 Å². The van der Waals surface area contributed by atoms with Gasteiger partial charge in [0, 0.05) is 25.7 Å². The Bertz CT molecular complexity index is 570. The van der Waals surface area contributed by atoms with Crippen molar-refractivity contribution in [2.24, 2.45) is 0 Å². The van der Waals surface area contributed by atoms with E-state index in [0.29, 0.717) is 6.04 Å². The number of rotatable bonds is 5. The van der Waals surface area contributed by atoms with Gasteiger partial charge in [-0.3, -0.25) is 9.58 Å². The minimum absolute atomic E-state index is 0.181. The molecule has 0 saturated carbocycles. The number of likely N-dealkylation sites (tertiary alicyclic amines) is 1. The van der Waals surface area contributed by atoms with Crippen molar-refractivity contribution in [2.75, 3.05) is 13.1 Å². The van der Waals surface area contributed by atoms with Crippen LogP contribution in [0.25, 0.3) is 0 Å². The van der Waals surface area contributed by atoms with Crippen LogP contribution in [-0.2, 0) is 6.42 Å². The topological polar surface area (TPSA) is 60.0 Å². The molecule has 0 radical (unpaired) electrons. The summed E-state index contributed by atoms with van der Waals surface area (Å²) < 4.78 is 7.41. The second kappa shape index (κ2) is 5.36. The predicted molar refractivity (Wildman–Crippen MR) is 74.3 cm³/mol. The van der Waals surface area contributed by atoms with Crippen LogP contribution in [0.2, 0.25) is 0 Å². The molecule has 1 atom stereocenters. The van der Waals surface area contributed by atoms with Gasteiger partial charge < -0.3 is 4.52 Å². The fourth-order valence-corrected chi connectivity index (χ4v) is 2.52. The summed E-state index contributed by atoms with van der Waals surface area (Å²) in [5.41, 5.74) is 1.21. The van der Waals surface area contributed by atoms with Gasteiger partial charge in [0.1, 0.15) is 0 Å². The molecule has 2 aromatic heterocycles. The first-order chi connectivity index (χ1) is 9.67. The molecule has 0 amide bonds. The molecule has 20 heavy (non-hydrogen) atoms. The lowest BCUT2D eigenvalue weighted by atomic mass is 10.1. The second-order valence-corrected chi connectivity index (χ2v) is 5.58. The third kappa shape index (κ3) is 2.47. The van der Waals surface area contributed by atoms with Crippen molar-refractivity contribution >= 4 is 0 Å². The maximum atomic E-state index is 5.36. The summed E-state index contributed by atoms with van der Waals surface area (Å²) in [5.74, 6) is 1.54. The van der Waals surface area contributed by atoms with Crippen molar-refractivity contribution in [3.05, 3.63) is 29.7 Å². The first kappa shape index (κ1) is 13.3. The van der Waals surface area contributed by atoms with Crippen molar-refractivity contribution in [2.45, 2.75) is 45.7 Å². The Balaban J connectivity index is 1.58. The van der Waals surface area contributed by atoms with Gasteiger partial charge in [0.2, 0.25) is 5.89 Å². The van der Waals surface area contributed by atoms with E-state index in [1.807, 2.05) is 6.20 Å². The Hall–Kier alpha value is -1.69. The first-order valence-electron chi connectivity index (χ1n) is 7.24. The van der Waals surface area contributed by atoms with Crippen LogP contribution in [0.4, 0.5) is 0 Å². The summed E-state index contributed by atoms with van der Waals surface area (Å²) >= 11 is 0. The van der Waals surface area contributed by atoms with Gasteiger partial charge in [-0.05, 0) is 25.8 Å². The molecule has 0 aromatic carbocycles. The fraction of sp³-hybridized carbons (Fsp3) is 0.643. The van der Waals surface area contributed by atoms with Crippen LogP contribution in [0, 0.1) is 6.92 Å². The van der Waals surface area contributed by atoms with Gasteiger partial charge in [-0.25, -0.2) is 0 Å². The third-order valence-corrected chi connectivity index (χ3v) is 3.86. The van der Waals surface area contributed by atoms with Crippen LogP contribution < -0.4 is 0 Å². The fourth-order valence-electron chi connectivity index (χ4n) is 2.52. The summed E-state index contributed by atoms with van der Waals surface area (Å²) in [6.07, 6.45) is 5.92. The van der Waals surface area contributed by atoms with E-state index in [1.165, 1.54) is 5.56 Å². The summed E-state index contributed by atoms with van der Waals surface area (Å²) in [4.78, 5) is 6.80. The largest absolute Gasteiger partial charge is 0.338 e. The molecule has 3 rings (SSSR count). The Morgan fingerprint density at radius 3 is 2.90 bits per heavy atom. The highest BCUT2D eigenvalue weighted by Crippen LogP contribution is 2.30. The lowest BCUT2D eigenvalue weighted by molar-refractivity contribution is 0.0456. The van der Waals surface area contributed by atoms with Crippen LogP contribution in [0.3, 0.4) is 0 Å². The van der Waals surface area contributed by atoms with E-state index in [1.54, 1.807) is 0 Å². The maximum absolute atomic E-state index is 5.36. The summed E-state index contributed by atoms with van der Waals surface area (Å²) in [6.45, 7) is 8.26. The number of nitrogens with zero attached hydrogens (tertiary/aromatic N) is 5. The standard InChI is InChI=1S/C14H21N5O/c1-4-5-13-16-14(20-17-13)11(3)18-8-12(9-18)19-7-10(2)6-15-19/h6-7,11-12H,4-5,8-9H2,1-3H3/t11-/m1/s1. The van der Waals surface area contributed by atoms with E-state index in [2.05, 4.69) is 51.8 Å². The molecule has 0 bridgehead atoms. The van der Waals surface area contributed by atoms with Crippen LogP contribution >= 0.6 is 0 Å². The molecule has 1 aliphatic heterocycles. The molecule has 0 unspecified atom stereocenters. The van der Waals surface area contributed by atoms with E-state index in [-0.39, 0.29) is 6.04 Å². The van der Waals surface area contributed by atoms with Crippen LogP contribution in [0.5, 0.6) is 0 Å². The van der Waals surface area contributed by atoms with E-state index < -0.39 is 0 Å². The summed E-state index contributed by atoms with van der Waals surface area (Å²) in [7, 11) is 0. The molecule has 1 fully saturated rings. The molecule has 1 saturated heterocycles. The van der Waals surface area contributed by atoms with Crippen LogP contribution in [-0.4, -0.2) is 37.9 Å². The minimum atomic E-state index is 0.181. The molecule has 0 aliphatic carbocycles. The van der Waals surface area contributed by atoms with E-state index in [9.17, 15) is 0 Å². The Morgan fingerprint density at radius 2 is 2.25 bits per heavy atom. The SMILES string of the molecule is CCCc1noc([C@@H](C)N2CC(n3cc(C)cn3)C2)n1. The van der Waals surface area contributed by atoms with Gasteiger partial charge in [0.25, 0.3) is 0 Å². The number of aryl methyl sites for hydroxylation is 2. The highest BCUT2D eigenvalue weighted by Gasteiger charge is 2.34.